The normalized spacial score (nSPS) is 16.0. The highest BCUT2D eigenvalue weighted by atomic mass is 16.2. The van der Waals surface area contributed by atoms with Crippen molar-refractivity contribution in [2.45, 2.75) is 18.3 Å². The fourth-order valence-electron chi connectivity index (χ4n) is 3.13. The van der Waals surface area contributed by atoms with Gasteiger partial charge in [-0.1, -0.05) is 36.9 Å². The highest BCUT2D eigenvalue weighted by molar-refractivity contribution is 5.92. The van der Waals surface area contributed by atoms with E-state index in [0.717, 1.165) is 5.56 Å². The molecule has 6 nitrogen and oxygen atoms in total. The van der Waals surface area contributed by atoms with E-state index in [2.05, 4.69) is 11.9 Å². The number of carbonyl (C=O) groups is 3. The zero-order valence-electron chi connectivity index (χ0n) is 14.8. The van der Waals surface area contributed by atoms with E-state index in [0.29, 0.717) is 25.9 Å². The summed E-state index contributed by atoms with van der Waals surface area (Å²) in [6.07, 6.45) is 2.32. The average molecular weight is 343 g/mol. The molecule has 25 heavy (non-hydrogen) atoms. The molecule has 0 spiro atoms. The van der Waals surface area contributed by atoms with Crippen molar-refractivity contribution >= 4 is 17.7 Å². The van der Waals surface area contributed by atoms with Gasteiger partial charge in [-0.2, -0.15) is 0 Å². The van der Waals surface area contributed by atoms with E-state index in [1.54, 1.807) is 19.0 Å². The van der Waals surface area contributed by atoms with Crippen LogP contribution in [-0.4, -0.2) is 61.3 Å². The second-order valence-corrected chi connectivity index (χ2v) is 6.45. The minimum Gasteiger partial charge on any atom is -0.347 e. The molecule has 1 N–H and O–H groups in total. The Hall–Kier alpha value is -2.63. The van der Waals surface area contributed by atoms with E-state index in [1.807, 2.05) is 30.3 Å². The molecule has 1 fully saturated rings. The Kier molecular flexibility index (Phi) is 5.96. The van der Waals surface area contributed by atoms with Crippen molar-refractivity contribution in [3.8, 4) is 0 Å². The summed E-state index contributed by atoms with van der Waals surface area (Å²) in [5.41, 5.74) is 0.182. The molecule has 3 amide bonds. The summed E-state index contributed by atoms with van der Waals surface area (Å²) >= 11 is 0. The van der Waals surface area contributed by atoms with Crippen LogP contribution in [0.25, 0.3) is 0 Å². The highest BCUT2D eigenvalue weighted by Crippen LogP contribution is 2.36. The standard InChI is InChI=1S/C19H25N3O3/c1-4-16(23)22-12-10-19(11-13-22,15-8-6-5-7-9-15)18(25)20-14-17(24)21(2)3/h4-9H,1,10-14H2,2-3H3,(H,20,25). The molecule has 0 unspecified atom stereocenters. The SMILES string of the molecule is C=CC(=O)N1CCC(C(=O)NCC(=O)N(C)C)(c2ccccc2)CC1. The molecule has 0 bridgehead atoms. The monoisotopic (exact) mass is 343 g/mol. The molecule has 0 atom stereocenters. The number of rotatable bonds is 5. The molecule has 1 heterocycles. The van der Waals surface area contributed by atoms with Gasteiger partial charge in [0, 0.05) is 27.2 Å². The van der Waals surface area contributed by atoms with E-state index >= 15 is 0 Å². The van der Waals surface area contributed by atoms with Crippen LogP contribution in [0.4, 0.5) is 0 Å². The molecule has 0 saturated carbocycles. The lowest BCUT2D eigenvalue weighted by Crippen LogP contribution is -2.53. The van der Waals surface area contributed by atoms with Gasteiger partial charge < -0.3 is 15.1 Å². The van der Waals surface area contributed by atoms with Crippen molar-refractivity contribution in [2.75, 3.05) is 33.7 Å². The Morgan fingerprint density at radius 1 is 1.20 bits per heavy atom. The predicted molar refractivity (Wildman–Crippen MR) is 95.8 cm³/mol. The predicted octanol–water partition coefficient (Wildman–Crippen LogP) is 0.937. The van der Waals surface area contributed by atoms with Gasteiger partial charge in [0.2, 0.25) is 17.7 Å². The van der Waals surface area contributed by atoms with Gasteiger partial charge in [-0.15, -0.1) is 0 Å². The van der Waals surface area contributed by atoms with Crippen LogP contribution in [0.3, 0.4) is 0 Å². The maximum absolute atomic E-state index is 13.0. The van der Waals surface area contributed by atoms with Gasteiger partial charge in [0.05, 0.1) is 12.0 Å². The molecule has 1 aromatic rings. The van der Waals surface area contributed by atoms with Crippen LogP contribution in [0, 0.1) is 0 Å². The van der Waals surface area contributed by atoms with Crippen LogP contribution < -0.4 is 5.32 Å². The number of likely N-dealkylation sites (N-methyl/N-ethyl adjacent to an activating group) is 1. The number of amides is 3. The smallest absolute Gasteiger partial charge is 0.245 e. The third-order valence-corrected chi connectivity index (χ3v) is 4.76. The summed E-state index contributed by atoms with van der Waals surface area (Å²) in [5, 5.41) is 2.78. The summed E-state index contributed by atoms with van der Waals surface area (Å²) in [5.74, 6) is -0.444. The Morgan fingerprint density at radius 2 is 1.80 bits per heavy atom. The zero-order valence-corrected chi connectivity index (χ0v) is 14.8. The third-order valence-electron chi connectivity index (χ3n) is 4.76. The summed E-state index contributed by atoms with van der Waals surface area (Å²) < 4.78 is 0. The zero-order chi connectivity index (χ0) is 18.4. The lowest BCUT2D eigenvalue weighted by Gasteiger charge is -2.40. The summed E-state index contributed by atoms with van der Waals surface area (Å²) in [6, 6.07) is 9.56. The van der Waals surface area contributed by atoms with Crippen molar-refractivity contribution in [3.05, 3.63) is 48.6 Å². The number of hydrogen-bond donors (Lipinski definition) is 1. The first kappa shape index (κ1) is 18.7. The van der Waals surface area contributed by atoms with Crippen LogP contribution in [0.2, 0.25) is 0 Å². The van der Waals surface area contributed by atoms with Crippen LogP contribution in [0.15, 0.2) is 43.0 Å². The summed E-state index contributed by atoms with van der Waals surface area (Å²) in [6.45, 7) is 4.45. The van der Waals surface area contributed by atoms with Crippen LogP contribution >= 0.6 is 0 Å². The largest absolute Gasteiger partial charge is 0.347 e. The molecule has 1 aromatic carbocycles. The fraction of sp³-hybridized carbons (Fsp3) is 0.421. The van der Waals surface area contributed by atoms with Crippen molar-refractivity contribution in [3.63, 3.8) is 0 Å². The molecule has 1 saturated heterocycles. The molecule has 0 aliphatic carbocycles. The molecule has 0 aromatic heterocycles. The van der Waals surface area contributed by atoms with Crippen molar-refractivity contribution < 1.29 is 14.4 Å². The van der Waals surface area contributed by atoms with Gasteiger partial charge in [-0.05, 0) is 24.5 Å². The summed E-state index contributed by atoms with van der Waals surface area (Å²) in [7, 11) is 3.31. The Balaban J connectivity index is 2.20. The fourth-order valence-corrected chi connectivity index (χ4v) is 3.13. The summed E-state index contributed by atoms with van der Waals surface area (Å²) in [4.78, 5) is 39.8. The van der Waals surface area contributed by atoms with E-state index in [1.165, 1.54) is 11.0 Å². The molecule has 6 heteroatoms. The van der Waals surface area contributed by atoms with Gasteiger partial charge in [-0.25, -0.2) is 0 Å². The van der Waals surface area contributed by atoms with Crippen molar-refractivity contribution in [2.24, 2.45) is 0 Å². The molecule has 2 rings (SSSR count). The minimum absolute atomic E-state index is 0.0320. The average Bonchev–Trinajstić information content (AvgIpc) is 2.65. The van der Waals surface area contributed by atoms with Crippen LogP contribution in [0.1, 0.15) is 18.4 Å². The number of piperidine rings is 1. The number of nitrogens with zero attached hydrogens (tertiary/aromatic N) is 2. The number of hydrogen-bond acceptors (Lipinski definition) is 3. The first-order chi connectivity index (χ1) is 11.9. The minimum atomic E-state index is -0.730. The van der Waals surface area contributed by atoms with E-state index < -0.39 is 5.41 Å². The first-order valence-electron chi connectivity index (χ1n) is 8.36. The lowest BCUT2D eigenvalue weighted by atomic mass is 9.72. The quantitative estimate of drug-likeness (QED) is 0.809. The Bertz CT molecular complexity index is 647. The molecule has 134 valence electrons. The molecule has 1 aliphatic heterocycles. The van der Waals surface area contributed by atoms with Crippen molar-refractivity contribution in [1.82, 2.24) is 15.1 Å². The van der Waals surface area contributed by atoms with Gasteiger partial charge in [0.15, 0.2) is 0 Å². The van der Waals surface area contributed by atoms with Crippen molar-refractivity contribution in [1.29, 1.82) is 0 Å². The van der Waals surface area contributed by atoms with E-state index in [4.69, 9.17) is 0 Å². The Labute approximate surface area is 148 Å². The van der Waals surface area contributed by atoms with E-state index in [9.17, 15) is 14.4 Å². The Morgan fingerprint density at radius 3 is 2.32 bits per heavy atom. The number of carbonyl (C=O) groups excluding carboxylic acids is 3. The van der Waals surface area contributed by atoms with Gasteiger partial charge in [0.1, 0.15) is 0 Å². The number of nitrogens with one attached hydrogen (secondary N) is 1. The van der Waals surface area contributed by atoms with Crippen LogP contribution in [0.5, 0.6) is 0 Å². The molecule has 0 radical (unpaired) electrons. The van der Waals surface area contributed by atoms with Gasteiger partial charge >= 0.3 is 0 Å². The first-order valence-corrected chi connectivity index (χ1v) is 8.36. The number of likely N-dealkylation sites (tertiary alicyclic amines) is 1. The van der Waals surface area contributed by atoms with Gasteiger partial charge in [0.25, 0.3) is 0 Å². The molecular formula is C19H25N3O3. The third kappa shape index (κ3) is 4.07. The molecular weight excluding hydrogens is 318 g/mol. The second-order valence-electron chi connectivity index (χ2n) is 6.45. The van der Waals surface area contributed by atoms with Crippen LogP contribution in [-0.2, 0) is 19.8 Å². The highest BCUT2D eigenvalue weighted by Gasteiger charge is 2.43. The lowest BCUT2D eigenvalue weighted by molar-refractivity contribution is -0.136. The molecule has 1 aliphatic rings. The van der Waals surface area contributed by atoms with Gasteiger partial charge in [-0.3, -0.25) is 14.4 Å². The van der Waals surface area contributed by atoms with E-state index in [-0.39, 0.29) is 24.3 Å². The maximum atomic E-state index is 13.0. The number of benzene rings is 1. The topological polar surface area (TPSA) is 69.7 Å². The maximum Gasteiger partial charge on any atom is 0.245 e. The second kappa shape index (κ2) is 7.96.